The smallest absolute Gasteiger partial charge is 0.0437 e. The standard InChI is InChI=1S/4C4H10O.96H2O/c4*1-3-5-4-2;;;;;;;;;;;;;;;;;;;;;;;;;;;;;;;;;;;;;;;;;;;;;;;;;;;;;;;;;;;;;;;;;;;;;;;;;;;;;;;;;;;;;;;;;;;;;;;;/h4*3-4H2,1-2H3;96*1H2. The van der Waals surface area contributed by atoms with Crippen LogP contribution in [0, 0.1) is 0 Å². The van der Waals surface area contributed by atoms with Crippen LogP contribution in [0.15, 0.2) is 0 Å². The van der Waals surface area contributed by atoms with E-state index >= 15 is 0 Å². The van der Waals surface area contributed by atoms with E-state index < -0.39 is 0 Å². The molecule has 0 heterocycles. The van der Waals surface area contributed by atoms with Crippen molar-refractivity contribution in [2.75, 3.05) is 52.9 Å². The Kier molecular flexibility index (Phi) is 1730000. The zero-order valence-electron chi connectivity index (χ0n) is 63.3. The molecule has 0 unspecified atom stereocenters. The van der Waals surface area contributed by atoms with Gasteiger partial charge in [-0.1, -0.05) is 0 Å². The Morgan fingerprint density at radius 1 is 0.0603 bits per heavy atom. The summed E-state index contributed by atoms with van der Waals surface area (Å²) in [7, 11) is 0. The highest BCUT2D eigenvalue weighted by Crippen LogP contribution is 1.66. The van der Waals surface area contributed by atoms with E-state index in [9.17, 15) is 0 Å². The van der Waals surface area contributed by atoms with E-state index in [1.54, 1.807) is 0 Å². The second kappa shape index (κ2) is 21000. The maximum atomic E-state index is 4.83. The Morgan fingerprint density at radius 2 is 0.0776 bits per heavy atom. The van der Waals surface area contributed by atoms with E-state index in [-0.39, 0.29) is 526 Å². The largest absolute Gasteiger partial charge is 0.412 e. The Labute approximate surface area is 654 Å². The molecule has 0 rings (SSSR count). The van der Waals surface area contributed by atoms with Gasteiger partial charge < -0.3 is 545 Å². The van der Waals surface area contributed by atoms with Gasteiger partial charge in [0, 0.05) is 52.9 Å². The molecule has 116 heavy (non-hydrogen) atoms. The van der Waals surface area contributed by atoms with Crippen molar-refractivity contribution in [2.24, 2.45) is 0 Å². The molecular formula is C16H232O100. The highest BCUT2D eigenvalue weighted by molar-refractivity contribution is 4.08. The molecule has 192 N–H and O–H groups in total. The summed E-state index contributed by atoms with van der Waals surface area (Å²) in [5.41, 5.74) is 0. The molecule has 0 aliphatic carbocycles. The number of rotatable bonds is 8. The third kappa shape index (κ3) is 81700. The molecule has 0 bridgehead atoms. The summed E-state index contributed by atoms with van der Waals surface area (Å²) >= 11 is 0. The minimum absolute atomic E-state index is 0. The van der Waals surface area contributed by atoms with Gasteiger partial charge in [-0.3, -0.25) is 0 Å². The SMILES string of the molecule is CCOCC.CCOCC.CCOCC.CCOCC.O.O.O.O.O.O.O.O.O.O.O.O.O.O.O.O.O.O.O.O.O.O.O.O.O.O.O.O.O.O.O.O.O.O.O.O.O.O.O.O.O.O.O.O.O.O.O.O.O.O.O.O.O.O.O.O.O.O.O.O.O.O.O.O.O.O.O.O.O.O.O.O.O.O.O.O.O.O.O.O.O.O.O.O.O.O.O.O.O.O.O.O.O.O.O.O. The molecule has 0 atom stereocenters. The van der Waals surface area contributed by atoms with Gasteiger partial charge in [0.1, 0.15) is 0 Å². The lowest BCUT2D eigenvalue weighted by atomic mass is 10.8. The average Bonchev–Trinajstić information content (AvgIpc) is 2.44. The predicted octanol–water partition coefficient (Wildman–Crippen LogP) is -75.0. The van der Waals surface area contributed by atoms with Gasteiger partial charge >= 0.3 is 0 Å². The zero-order chi connectivity index (χ0) is 16.5. The summed E-state index contributed by atoms with van der Waals surface area (Å²) in [6.07, 6.45) is 0. The Morgan fingerprint density at radius 3 is 0.0776 bits per heavy atom. The van der Waals surface area contributed by atoms with Crippen LogP contribution in [-0.4, -0.2) is 579 Å². The zero-order valence-corrected chi connectivity index (χ0v) is 63.3. The van der Waals surface area contributed by atoms with Gasteiger partial charge in [0.05, 0.1) is 0 Å². The first-order valence-electron chi connectivity index (χ1n) is 7.97. The van der Waals surface area contributed by atoms with Crippen LogP contribution >= 0.6 is 0 Å². The van der Waals surface area contributed by atoms with E-state index in [4.69, 9.17) is 18.9 Å². The van der Waals surface area contributed by atoms with Crippen LogP contribution in [0.2, 0.25) is 0 Å². The Balaban J connectivity index is -0.000000000235. The summed E-state index contributed by atoms with van der Waals surface area (Å²) in [4.78, 5) is 0. The van der Waals surface area contributed by atoms with E-state index in [2.05, 4.69) is 0 Å². The van der Waals surface area contributed by atoms with E-state index in [0.29, 0.717) is 0 Å². The maximum absolute atomic E-state index is 4.83. The molecule has 0 saturated carbocycles. The first kappa shape index (κ1) is 9580. The second-order valence-corrected chi connectivity index (χ2v) is 3.13. The van der Waals surface area contributed by atoms with Gasteiger partial charge in [0.2, 0.25) is 0 Å². The molecule has 0 aliphatic rings. The van der Waals surface area contributed by atoms with Crippen molar-refractivity contribution in [3.63, 3.8) is 0 Å². The molecular weight excluding hydrogens is 1790 g/mol. The lowest BCUT2D eigenvalue weighted by molar-refractivity contribution is 0.162. The van der Waals surface area contributed by atoms with Crippen molar-refractivity contribution >= 4 is 0 Å². The van der Waals surface area contributed by atoms with Gasteiger partial charge in [-0.2, -0.15) is 0 Å². The van der Waals surface area contributed by atoms with Crippen molar-refractivity contribution in [1.82, 2.24) is 0 Å². The van der Waals surface area contributed by atoms with Gasteiger partial charge in [0.25, 0.3) is 0 Å². The van der Waals surface area contributed by atoms with Crippen molar-refractivity contribution in [1.29, 1.82) is 0 Å². The van der Waals surface area contributed by atoms with Crippen LogP contribution in [0.25, 0.3) is 0 Å². The van der Waals surface area contributed by atoms with Gasteiger partial charge in [-0.05, 0) is 55.4 Å². The molecule has 0 aliphatic heterocycles. The lowest BCUT2D eigenvalue weighted by Crippen LogP contribution is -1.84. The molecule has 0 aromatic rings. The quantitative estimate of drug-likeness (QED) is 0.229. The van der Waals surface area contributed by atoms with Crippen LogP contribution in [0.3, 0.4) is 0 Å². The summed E-state index contributed by atoms with van der Waals surface area (Å²) < 4.78 is 19.3. The highest BCUT2D eigenvalue weighted by atomic mass is 16.5. The minimum atomic E-state index is 0. The fourth-order valence-electron chi connectivity index (χ4n) is 0.816. The highest BCUT2D eigenvalue weighted by Gasteiger charge is 1.65. The van der Waals surface area contributed by atoms with E-state index in [0.717, 1.165) is 52.9 Å². The van der Waals surface area contributed by atoms with Gasteiger partial charge in [-0.25, -0.2) is 0 Å². The van der Waals surface area contributed by atoms with Crippen LogP contribution in [-0.2, 0) is 18.9 Å². The molecule has 100 nitrogen and oxygen atoms in total. The van der Waals surface area contributed by atoms with Crippen LogP contribution in [0.1, 0.15) is 55.4 Å². The van der Waals surface area contributed by atoms with Crippen molar-refractivity contribution in [2.45, 2.75) is 55.4 Å². The molecule has 0 radical (unpaired) electrons. The number of hydrogen-bond donors (Lipinski definition) is 0. The molecule has 0 amide bonds. The molecule has 0 aromatic carbocycles. The van der Waals surface area contributed by atoms with Crippen molar-refractivity contribution in [3.8, 4) is 0 Å². The second-order valence-electron chi connectivity index (χ2n) is 3.13. The van der Waals surface area contributed by atoms with Crippen LogP contribution in [0.4, 0.5) is 0 Å². The first-order valence-corrected chi connectivity index (χ1v) is 7.97. The lowest BCUT2D eigenvalue weighted by Gasteiger charge is -1.86. The normalized spacial score (nSPS) is 1.45. The molecule has 100 heteroatoms. The van der Waals surface area contributed by atoms with Crippen LogP contribution in [0.5, 0.6) is 0 Å². The topological polar surface area (TPSA) is 3060 Å². The summed E-state index contributed by atoms with van der Waals surface area (Å²) in [6.45, 7) is 22.7. The molecule has 0 saturated heterocycles. The fraction of sp³-hybridized carbons (Fsp3) is 1.00. The molecule has 0 fully saturated rings. The summed E-state index contributed by atoms with van der Waals surface area (Å²) in [5, 5.41) is 0. The minimum Gasteiger partial charge on any atom is -0.412 e. The summed E-state index contributed by atoms with van der Waals surface area (Å²) in [6, 6.07) is 0. The Hall–Kier alpha value is -4.00. The van der Waals surface area contributed by atoms with Crippen molar-refractivity contribution in [3.05, 3.63) is 0 Å². The van der Waals surface area contributed by atoms with Crippen molar-refractivity contribution < 1.29 is 545 Å². The monoisotopic (exact) mass is 2030 g/mol. The Bertz CT molecular complexity index is 121. The predicted molar refractivity (Wildman–Crippen MR) is 436 cm³/mol. The fourth-order valence-corrected chi connectivity index (χ4v) is 0.816. The number of hydrogen-bond acceptors (Lipinski definition) is 4. The van der Waals surface area contributed by atoms with E-state index in [1.807, 2.05) is 55.4 Å². The number of ether oxygens (including phenoxy) is 4. The third-order valence-electron chi connectivity index (χ3n) is 1.63. The van der Waals surface area contributed by atoms with Gasteiger partial charge in [0.15, 0.2) is 0 Å². The third-order valence-corrected chi connectivity index (χ3v) is 1.63. The molecule has 0 spiro atoms. The van der Waals surface area contributed by atoms with Gasteiger partial charge in [-0.15, -0.1) is 0 Å². The first-order chi connectivity index (χ1) is 9.66. The van der Waals surface area contributed by atoms with Crippen LogP contribution < -0.4 is 0 Å². The molecule has 896 valence electrons. The molecule has 0 aromatic heterocycles. The summed E-state index contributed by atoms with van der Waals surface area (Å²) in [5.74, 6) is 0. The maximum Gasteiger partial charge on any atom is 0.0437 e. The average molecular weight is 2030 g/mol. The van der Waals surface area contributed by atoms with E-state index in [1.165, 1.54) is 0 Å².